The lowest BCUT2D eigenvalue weighted by molar-refractivity contribution is 0.691. The van der Waals surface area contributed by atoms with Crippen LogP contribution in [0.1, 0.15) is 11.1 Å². The molecule has 0 aliphatic carbocycles. The summed E-state index contributed by atoms with van der Waals surface area (Å²) >= 11 is 0. The van der Waals surface area contributed by atoms with Crippen molar-refractivity contribution in [1.82, 2.24) is 9.97 Å². The molecule has 1 aliphatic rings. The Bertz CT molecular complexity index is 693. The minimum atomic E-state index is -0.498. The van der Waals surface area contributed by atoms with Crippen molar-refractivity contribution in [1.29, 1.82) is 0 Å². The minimum absolute atomic E-state index is 0.0820. The van der Waals surface area contributed by atoms with Crippen LogP contribution in [0.25, 0.3) is 0 Å². The molecule has 0 bridgehead atoms. The quantitative estimate of drug-likeness (QED) is 0.627. The lowest BCUT2D eigenvalue weighted by Crippen LogP contribution is -2.42. The molecule has 2 heterocycles. The van der Waals surface area contributed by atoms with Crippen molar-refractivity contribution < 1.29 is 0 Å². The van der Waals surface area contributed by atoms with Gasteiger partial charge in [0, 0.05) is 6.54 Å². The average Bonchev–Trinajstić information content (AvgIpc) is 2.70. The van der Waals surface area contributed by atoms with Crippen molar-refractivity contribution in [3.8, 4) is 0 Å². The van der Waals surface area contributed by atoms with Crippen molar-refractivity contribution in [3.63, 3.8) is 0 Å². The fourth-order valence-electron chi connectivity index (χ4n) is 2.24. The number of hydrogen-bond acceptors (Lipinski definition) is 6. The summed E-state index contributed by atoms with van der Waals surface area (Å²) in [5.74, 6) is 0.567. The number of benzene rings is 1. The number of aromatic amines is 1. The predicted octanol–water partition coefficient (Wildman–Crippen LogP) is 0.335. The zero-order valence-corrected chi connectivity index (χ0v) is 11.1. The first-order valence-electron chi connectivity index (χ1n) is 6.28. The number of anilines is 3. The predicted molar refractivity (Wildman–Crippen MR) is 78.2 cm³/mol. The molecule has 1 aliphatic heterocycles. The molecule has 2 aromatic rings. The van der Waals surface area contributed by atoms with Crippen LogP contribution in [-0.4, -0.2) is 16.3 Å². The van der Waals surface area contributed by atoms with Gasteiger partial charge in [-0.15, -0.1) is 0 Å². The Balaban J connectivity index is 1.96. The van der Waals surface area contributed by atoms with Gasteiger partial charge in [0.05, 0.1) is 0 Å². The summed E-state index contributed by atoms with van der Waals surface area (Å²) < 4.78 is 0. The van der Waals surface area contributed by atoms with Crippen LogP contribution in [0, 0.1) is 6.92 Å². The highest BCUT2D eigenvalue weighted by Gasteiger charge is 2.30. The standard InChI is InChI=1S/C13H16N6O/c1-7-2-4-8(5-3-7)6-19-10-9(16-13(19)15)11(20)18-12(14)17-10/h2-5,13,16H,6,15H2,1H3,(H3,14,17,18,20). The normalized spacial score (nSPS) is 16.9. The van der Waals surface area contributed by atoms with Crippen molar-refractivity contribution in [2.45, 2.75) is 19.8 Å². The van der Waals surface area contributed by atoms with Crippen molar-refractivity contribution in [2.24, 2.45) is 5.73 Å². The van der Waals surface area contributed by atoms with Crippen LogP contribution in [-0.2, 0) is 6.54 Å². The molecular weight excluding hydrogens is 256 g/mol. The molecule has 0 saturated heterocycles. The maximum Gasteiger partial charge on any atom is 0.277 e. The number of nitrogens with one attached hydrogen (secondary N) is 2. The molecule has 1 atom stereocenters. The SMILES string of the molecule is Cc1ccc(CN2c3nc(N)[nH]c(=O)c3NC2N)cc1. The highest BCUT2D eigenvalue weighted by atomic mass is 16.1. The Labute approximate surface area is 115 Å². The fourth-order valence-corrected chi connectivity index (χ4v) is 2.24. The van der Waals surface area contributed by atoms with Gasteiger partial charge in [-0.05, 0) is 12.5 Å². The number of hydrogen-bond donors (Lipinski definition) is 4. The topological polar surface area (TPSA) is 113 Å². The van der Waals surface area contributed by atoms with Crippen LogP contribution < -0.4 is 27.2 Å². The van der Waals surface area contributed by atoms with E-state index in [1.165, 1.54) is 5.56 Å². The molecule has 6 N–H and O–H groups in total. The molecule has 7 nitrogen and oxygen atoms in total. The van der Waals surface area contributed by atoms with Crippen molar-refractivity contribution in [3.05, 3.63) is 45.7 Å². The van der Waals surface area contributed by atoms with Crippen molar-refractivity contribution in [2.75, 3.05) is 16.0 Å². The largest absolute Gasteiger partial charge is 0.369 e. The molecule has 20 heavy (non-hydrogen) atoms. The number of nitrogen functional groups attached to an aromatic ring is 1. The van der Waals surface area contributed by atoms with Crippen LogP contribution in [0.5, 0.6) is 0 Å². The average molecular weight is 272 g/mol. The summed E-state index contributed by atoms with van der Waals surface area (Å²) in [6.07, 6.45) is -0.498. The number of rotatable bonds is 2. The zero-order chi connectivity index (χ0) is 14.3. The molecular formula is C13H16N6O. The van der Waals surface area contributed by atoms with Gasteiger partial charge >= 0.3 is 0 Å². The van der Waals surface area contributed by atoms with Gasteiger partial charge in [0.25, 0.3) is 5.56 Å². The molecule has 0 saturated carbocycles. The van der Waals surface area contributed by atoms with E-state index in [1.807, 2.05) is 36.1 Å². The van der Waals surface area contributed by atoms with E-state index < -0.39 is 6.29 Å². The summed E-state index contributed by atoms with van der Waals surface area (Å²) in [7, 11) is 0. The van der Waals surface area contributed by atoms with Gasteiger partial charge in [-0.25, -0.2) is 0 Å². The van der Waals surface area contributed by atoms with E-state index in [4.69, 9.17) is 11.5 Å². The summed E-state index contributed by atoms with van der Waals surface area (Å²) in [4.78, 5) is 20.2. The maximum absolute atomic E-state index is 11.8. The smallest absolute Gasteiger partial charge is 0.277 e. The second-order valence-electron chi connectivity index (χ2n) is 4.85. The molecule has 1 aromatic heterocycles. The van der Waals surface area contributed by atoms with E-state index in [0.717, 1.165) is 5.56 Å². The summed E-state index contributed by atoms with van der Waals surface area (Å²) in [6.45, 7) is 2.58. The highest BCUT2D eigenvalue weighted by Crippen LogP contribution is 2.29. The Morgan fingerprint density at radius 1 is 1.35 bits per heavy atom. The number of nitrogens with zero attached hydrogens (tertiary/aromatic N) is 2. The summed E-state index contributed by atoms with van der Waals surface area (Å²) in [6, 6.07) is 8.11. The molecule has 0 amide bonds. The van der Waals surface area contributed by atoms with E-state index in [9.17, 15) is 4.79 Å². The van der Waals surface area contributed by atoms with Crippen LogP contribution in [0.4, 0.5) is 17.5 Å². The Kier molecular flexibility index (Phi) is 2.83. The Hall–Kier alpha value is -2.54. The second-order valence-corrected chi connectivity index (χ2v) is 4.85. The van der Waals surface area contributed by atoms with E-state index in [2.05, 4.69) is 15.3 Å². The van der Waals surface area contributed by atoms with Gasteiger partial charge in [-0.3, -0.25) is 15.5 Å². The molecule has 1 unspecified atom stereocenters. The zero-order valence-electron chi connectivity index (χ0n) is 11.1. The van der Waals surface area contributed by atoms with Crippen LogP contribution in [0.3, 0.4) is 0 Å². The maximum atomic E-state index is 11.8. The minimum Gasteiger partial charge on any atom is -0.369 e. The Morgan fingerprint density at radius 3 is 2.75 bits per heavy atom. The first-order chi connectivity index (χ1) is 9.54. The molecule has 3 rings (SSSR count). The van der Waals surface area contributed by atoms with E-state index in [0.29, 0.717) is 18.1 Å². The van der Waals surface area contributed by atoms with Gasteiger partial charge in [0.15, 0.2) is 12.1 Å². The van der Waals surface area contributed by atoms with Crippen LogP contribution in [0.2, 0.25) is 0 Å². The summed E-state index contributed by atoms with van der Waals surface area (Å²) in [5.41, 5.74) is 13.9. The number of fused-ring (bicyclic) bond motifs is 1. The number of aromatic nitrogens is 2. The van der Waals surface area contributed by atoms with Crippen molar-refractivity contribution >= 4 is 17.5 Å². The van der Waals surface area contributed by atoms with Crippen LogP contribution >= 0.6 is 0 Å². The third-order valence-corrected chi connectivity index (χ3v) is 3.29. The lowest BCUT2D eigenvalue weighted by Gasteiger charge is -2.22. The van der Waals surface area contributed by atoms with Crippen LogP contribution in [0.15, 0.2) is 29.1 Å². The number of H-pyrrole nitrogens is 1. The molecule has 1 aromatic carbocycles. The van der Waals surface area contributed by atoms with Gasteiger partial charge in [0.1, 0.15) is 5.69 Å². The van der Waals surface area contributed by atoms with Gasteiger partial charge in [-0.2, -0.15) is 4.98 Å². The first-order valence-corrected chi connectivity index (χ1v) is 6.28. The second kappa shape index (κ2) is 4.53. The van der Waals surface area contributed by atoms with E-state index in [-0.39, 0.29) is 11.5 Å². The van der Waals surface area contributed by atoms with Gasteiger partial charge in [-0.1, -0.05) is 29.8 Å². The third kappa shape index (κ3) is 2.08. The molecule has 104 valence electrons. The van der Waals surface area contributed by atoms with E-state index in [1.54, 1.807) is 0 Å². The lowest BCUT2D eigenvalue weighted by atomic mass is 10.1. The number of nitrogens with two attached hydrogens (primary N) is 2. The monoisotopic (exact) mass is 272 g/mol. The first kappa shape index (κ1) is 12.5. The van der Waals surface area contributed by atoms with Gasteiger partial charge < -0.3 is 16.0 Å². The fraction of sp³-hybridized carbons (Fsp3) is 0.231. The van der Waals surface area contributed by atoms with Gasteiger partial charge in [0.2, 0.25) is 5.95 Å². The van der Waals surface area contributed by atoms with E-state index >= 15 is 0 Å². The molecule has 0 spiro atoms. The highest BCUT2D eigenvalue weighted by molar-refractivity contribution is 5.71. The summed E-state index contributed by atoms with van der Waals surface area (Å²) in [5, 5.41) is 2.92. The third-order valence-electron chi connectivity index (χ3n) is 3.29. The Morgan fingerprint density at radius 2 is 2.05 bits per heavy atom. The molecule has 7 heteroatoms. The molecule has 0 fully saturated rings. The molecule has 0 radical (unpaired) electrons. The number of aryl methyl sites for hydroxylation is 1.